The van der Waals surface area contributed by atoms with Crippen LogP contribution < -0.4 is 5.32 Å². The summed E-state index contributed by atoms with van der Waals surface area (Å²) in [6.45, 7) is 12.2. The number of allylic oxidation sites excluding steroid dienone is 1. The molecule has 3 heteroatoms. The lowest BCUT2D eigenvalue weighted by Crippen LogP contribution is -2.15. The second kappa shape index (κ2) is 5.01. The lowest BCUT2D eigenvalue weighted by atomic mass is 9.92. The van der Waals surface area contributed by atoms with Crippen molar-refractivity contribution in [3.8, 4) is 0 Å². The van der Waals surface area contributed by atoms with E-state index in [0.717, 1.165) is 25.5 Å². The van der Waals surface area contributed by atoms with Gasteiger partial charge in [-0.3, -0.25) is 0 Å². The zero-order chi connectivity index (χ0) is 11.3. The van der Waals surface area contributed by atoms with Gasteiger partial charge in [-0.1, -0.05) is 26.8 Å². The molecule has 3 nitrogen and oxygen atoms in total. The smallest absolute Gasteiger partial charge is 0.203 e. The van der Waals surface area contributed by atoms with Gasteiger partial charge in [0.15, 0.2) is 0 Å². The third kappa shape index (κ3) is 4.19. The van der Waals surface area contributed by atoms with Crippen LogP contribution in [0.15, 0.2) is 25.0 Å². The van der Waals surface area contributed by atoms with Gasteiger partial charge in [0.2, 0.25) is 5.95 Å². The van der Waals surface area contributed by atoms with Crippen LogP contribution in [0.1, 0.15) is 27.2 Å². The first-order chi connectivity index (χ1) is 7.03. The minimum Gasteiger partial charge on any atom is -0.356 e. The second-order valence-corrected chi connectivity index (χ2v) is 4.93. The van der Waals surface area contributed by atoms with Crippen molar-refractivity contribution in [2.24, 2.45) is 5.41 Å². The fourth-order valence-corrected chi connectivity index (χ4v) is 1.31. The van der Waals surface area contributed by atoms with Crippen LogP contribution in [0.2, 0.25) is 0 Å². The minimum absolute atomic E-state index is 0.364. The summed E-state index contributed by atoms with van der Waals surface area (Å²) in [6.07, 6.45) is 6.77. The number of nitrogens with zero attached hydrogens (tertiary/aromatic N) is 2. The Hall–Kier alpha value is -1.25. The molecule has 0 saturated heterocycles. The molecule has 1 rings (SSSR count). The van der Waals surface area contributed by atoms with Crippen LogP contribution in [0.4, 0.5) is 5.95 Å². The predicted molar refractivity (Wildman–Crippen MR) is 65.0 cm³/mol. The van der Waals surface area contributed by atoms with Crippen LogP contribution in [-0.2, 0) is 6.54 Å². The van der Waals surface area contributed by atoms with Gasteiger partial charge in [-0.15, -0.1) is 6.58 Å². The Bertz CT molecular complexity index is 307. The number of anilines is 1. The summed E-state index contributed by atoms with van der Waals surface area (Å²) in [7, 11) is 0. The summed E-state index contributed by atoms with van der Waals surface area (Å²) in [6, 6.07) is 0. The Labute approximate surface area is 92.2 Å². The Morgan fingerprint density at radius 3 is 2.87 bits per heavy atom. The molecule has 0 aromatic carbocycles. The highest BCUT2D eigenvalue weighted by Gasteiger charge is 2.09. The summed E-state index contributed by atoms with van der Waals surface area (Å²) in [4.78, 5) is 4.26. The molecule has 0 amide bonds. The molecule has 0 saturated carbocycles. The van der Waals surface area contributed by atoms with E-state index in [1.807, 2.05) is 18.5 Å². The average Bonchev–Trinajstić information content (AvgIpc) is 2.51. The van der Waals surface area contributed by atoms with E-state index in [0.29, 0.717) is 5.41 Å². The molecule has 1 heterocycles. The van der Waals surface area contributed by atoms with Gasteiger partial charge >= 0.3 is 0 Å². The fraction of sp³-hybridized carbons (Fsp3) is 0.583. The molecule has 0 fully saturated rings. The molecule has 1 N–H and O–H groups in total. The average molecular weight is 207 g/mol. The predicted octanol–water partition coefficient (Wildman–Crippen LogP) is 2.92. The van der Waals surface area contributed by atoms with Gasteiger partial charge in [0, 0.05) is 25.5 Å². The van der Waals surface area contributed by atoms with E-state index >= 15 is 0 Å². The van der Waals surface area contributed by atoms with Crippen LogP contribution >= 0.6 is 0 Å². The maximum atomic E-state index is 4.26. The van der Waals surface area contributed by atoms with E-state index in [4.69, 9.17) is 0 Å². The minimum atomic E-state index is 0.364. The lowest BCUT2D eigenvalue weighted by Gasteiger charge is -2.18. The third-order valence-corrected chi connectivity index (χ3v) is 2.20. The quantitative estimate of drug-likeness (QED) is 0.752. The highest BCUT2D eigenvalue weighted by atomic mass is 15.2. The summed E-state index contributed by atoms with van der Waals surface area (Å²) in [5.74, 6) is 0.930. The Morgan fingerprint density at radius 2 is 2.27 bits per heavy atom. The normalized spacial score (nSPS) is 11.4. The number of rotatable bonds is 5. The van der Waals surface area contributed by atoms with Crippen molar-refractivity contribution in [2.45, 2.75) is 33.7 Å². The topological polar surface area (TPSA) is 29.9 Å². The largest absolute Gasteiger partial charge is 0.356 e. The SMILES string of the molecule is C=CCn1ccnc1NCCC(C)(C)C. The molecule has 15 heavy (non-hydrogen) atoms. The summed E-state index contributed by atoms with van der Waals surface area (Å²) in [5, 5.41) is 3.34. The van der Waals surface area contributed by atoms with Gasteiger partial charge in [0.25, 0.3) is 0 Å². The van der Waals surface area contributed by atoms with Gasteiger partial charge < -0.3 is 9.88 Å². The van der Waals surface area contributed by atoms with E-state index < -0.39 is 0 Å². The highest BCUT2D eigenvalue weighted by Crippen LogP contribution is 2.18. The molecule has 0 aliphatic rings. The molecule has 0 aliphatic heterocycles. The van der Waals surface area contributed by atoms with E-state index in [2.05, 4.69) is 42.2 Å². The van der Waals surface area contributed by atoms with E-state index in [-0.39, 0.29) is 0 Å². The molecule has 84 valence electrons. The second-order valence-electron chi connectivity index (χ2n) is 4.93. The van der Waals surface area contributed by atoms with Crippen LogP contribution in [0.5, 0.6) is 0 Å². The summed E-state index contributed by atoms with van der Waals surface area (Å²) < 4.78 is 2.05. The Morgan fingerprint density at radius 1 is 1.53 bits per heavy atom. The molecule has 0 atom stereocenters. The van der Waals surface area contributed by atoms with Gasteiger partial charge in [-0.05, 0) is 11.8 Å². The van der Waals surface area contributed by atoms with Gasteiger partial charge in [0.05, 0.1) is 0 Å². The number of nitrogens with one attached hydrogen (secondary N) is 1. The maximum absolute atomic E-state index is 4.26. The van der Waals surface area contributed by atoms with Crippen molar-refractivity contribution in [1.29, 1.82) is 0 Å². The van der Waals surface area contributed by atoms with Gasteiger partial charge in [-0.2, -0.15) is 0 Å². The molecule has 0 bridgehead atoms. The van der Waals surface area contributed by atoms with Crippen LogP contribution in [0.25, 0.3) is 0 Å². The number of imidazole rings is 1. The van der Waals surface area contributed by atoms with Crippen molar-refractivity contribution >= 4 is 5.95 Å². The van der Waals surface area contributed by atoms with E-state index in [9.17, 15) is 0 Å². The van der Waals surface area contributed by atoms with Crippen molar-refractivity contribution in [2.75, 3.05) is 11.9 Å². The van der Waals surface area contributed by atoms with Crippen molar-refractivity contribution in [3.63, 3.8) is 0 Å². The molecule has 1 aromatic rings. The van der Waals surface area contributed by atoms with E-state index in [1.54, 1.807) is 0 Å². The van der Waals surface area contributed by atoms with Crippen LogP contribution in [0, 0.1) is 5.41 Å². The first kappa shape index (κ1) is 11.8. The molecule has 0 spiro atoms. The zero-order valence-corrected chi connectivity index (χ0v) is 9.95. The number of hydrogen-bond acceptors (Lipinski definition) is 2. The van der Waals surface area contributed by atoms with Crippen LogP contribution in [0.3, 0.4) is 0 Å². The molecule has 1 aromatic heterocycles. The number of hydrogen-bond donors (Lipinski definition) is 1. The highest BCUT2D eigenvalue weighted by molar-refractivity contribution is 5.25. The monoisotopic (exact) mass is 207 g/mol. The fourth-order valence-electron chi connectivity index (χ4n) is 1.31. The van der Waals surface area contributed by atoms with E-state index in [1.165, 1.54) is 0 Å². The first-order valence-electron chi connectivity index (χ1n) is 5.39. The first-order valence-corrected chi connectivity index (χ1v) is 5.39. The molecule has 0 aliphatic carbocycles. The Balaban J connectivity index is 2.43. The zero-order valence-electron chi connectivity index (χ0n) is 9.95. The summed E-state index contributed by atoms with van der Waals surface area (Å²) in [5.41, 5.74) is 0.364. The van der Waals surface area contributed by atoms with Gasteiger partial charge in [0.1, 0.15) is 0 Å². The Kier molecular flexibility index (Phi) is 3.95. The van der Waals surface area contributed by atoms with Crippen molar-refractivity contribution < 1.29 is 0 Å². The number of aromatic nitrogens is 2. The maximum Gasteiger partial charge on any atom is 0.203 e. The van der Waals surface area contributed by atoms with Crippen LogP contribution in [-0.4, -0.2) is 16.1 Å². The van der Waals surface area contributed by atoms with Gasteiger partial charge in [-0.25, -0.2) is 4.98 Å². The molecular weight excluding hydrogens is 186 g/mol. The molecular formula is C12H21N3. The molecule has 0 radical (unpaired) electrons. The standard InChI is InChI=1S/C12H21N3/c1-5-9-15-10-8-14-11(15)13-7-6-12(2,3)4/h5,8,10H,1,6-7,9H2,2-4H3,(H,13,14). The molecule has 0 unspecified atom stereocenters. The third-order valence-electron chi connectivity index (χ3n) is 2.20. The van der Waals surface area contributed by atoms with Crippen molar-refractivity contribution in [3.05, 3.63) is 25.0 Å². The summed E-state index contributed by atoms with van der Waals surface area (Å²) >= 11 is 0. The van der Waals surface area contributed by atoms with Crippen molar-refractivity contribution in [1.82, 2.24) is 9.55 Å². The lowest BCUT2D eigenvalue weighted by molar-refractivity contribution is 0.389.